The summed E-state index contributed by atoms with van der Waals surface area (Å²) in [5.41, 5.74) is 2.27. The lowest BCUT2D eigenvalue weighted by atomic mass is 10.0. The van der Waals surface area contributed by atoms with Crippen LogP contribution in [-0.4, -0.2) is 17.6 Å². The first-order valence-electron chi connectivity index (χ1n) is 6.66. The van der Waals surface area contributed by atoms with Crippen molar-refractivity contribution < 1.29 is 14.3 Å². The molecule has 2 N–H and O–H groups in total. The molecule has 21 heavy (non-hydrogen) atoms. The van der Waals surface area contributed by atoms with Crippen LogP contribution in [-0.2, 0) is 0 Å². The number of hydrogen-bond donors (Lipinski definition) is 2. The second-order valence-corrected chi connectivity index (χ2v) is 4.73. The number of carbonyl (C=O) groups excluding carboxylic acids is 1. The Labute approximate surface area is 123 Å². The third-order valence-corrected chi connectivity index (χ3v) is 3.04. The van der Waals surface area contributed by atoms with Gasteiger partial charge < -0.3 is 14.8 Å². The van der Waals surface area contributed by atoms with Crippen molar-refractivity contribution in [1.82, 2.24) is 5.32 Å². The van der Waals surface area contributed by atoms with E-state index in [4.69, 9.17) is 9.52 Å². The van der Waals surface area contributed by atoms with Crippen molar-refractivity contribution in [2.75, 3.05) is 6.61 Å². The molecule has 0 spiro atoms. The van der Waals surface area contributed by atoms with Gasteiger partial charge in [0.15, 0.2) is 0 Å². The van der Waals surface area contributed by atoms with Gasteiger partial charge in [0, 0.05) is 5.56 Å². The number of nitrogens with one attached hydrogen (secondary N) is 1. The molecule has 0 bridgehead atoms. The number of aliphatic hydroxyl groups excluding tert-OH is 1. The van der Waals surface area contributed by atoms with Crippen LogP contribution >= 0.6 is 0 Å². The SMILES string of the molecule is Cc1cc(C(=O)NC(C)c2cccc(C#CCO)c2)co1. The van der Waals surface area contributed by atoms with Gasteiger partial charge in [-0.15, -0.1) is 0 Å². The molecule has 0 saturated heterocycles. The van der Waals surface area contributed by atoms with Gasteiger partial charge in [0.1, 0.15) is 18.6 Å². The molecule has 2 rings (SSSR count). The lowest BCUT2D eigenvalue weighted by molar-refractivity contribution is 0.0939. The molecule has 2 aromatic rings. The minimum absolute atomic E-state index is 0.149. The standard InChI is InChI=1S/C17H17NO3/c1-12-9-16(11-21-12)17(20)18-13(2)15-7-3-5-14(10-15)6-4-8-19/h3,5,7,9-11,13,19H,8H2,1-2H3,(H,18,20). The minimum Gasteiger partial charge on any atom is -0.469 e. The van der Waals surface area contributed by atoms with E-state index in [0.717, 1.165) is 11.1 Å². The zero-order valence-electron chi connectivity index (χ0n) is 12.0. The second kappa shape index (κ2) is 6.78. The van der Waals surface area contributed by atoms with Crippen LogP contribution in [0.15, 0.2) is 41.0 Å². The molecule has 1 aromatic heterocycles. The van der Waals surface area contributed by atoms with Gasteiger partial charge in [-0.1, -0.05) is 24.0 Å². The molecule has 0 saturated carbocycles. The molecular formula is C17H17NO3. The maximum Gasteiger partial charge on any atom is 0.255 e. The van der Waals surface area contributed by atoms with Gasteiger partial charge in [0.2, 0.25) is 0 Å². The number of furan rings is 1. The molecular weight excluding hydrogens is 266 g/mol. The molecule has 0 aliphatic carbocycles. The van der Waals surface area contributed by atoms with Crippen molar-refractivity contribution >= 4 is 5.91 Å². The normalized spacial score (nSPS) is 11.4. The lowest BCUT2D eigenvalue weighted by Crippen LogP contribution is -2.26. The van der Waals surface area contributed by atoms with E-state index in [1.54, 1.807) is 13.0 Å². The molecule has 0 aliphatic rings. The fourth-order valence-electron chi connectivity index (χ4n) is 1.95. The van der Waals surface area contributed by atoms with E-state index in [1.165, 1.54) is 6.26 Å². The van der Waals surface area contributed by atoms with Gasteiger partial charge in [-0.2, -0.15) is 0 Å². The number of aliphatic hydroxyl groups is 1. The van der Waals surface area contributed by atoms with Crippen molar-refractivity contribution in [2.24, 2.45) is 0 Å². The molecule has 0 fully saturated rings. The van der Waals surface area contributed by atoms with Crippen LogP contribution in [0.3, 0.4) is 0 Å². The van der Waals surface area contributed by atoms with Gasteiger partial charge in [-0.25, -0.2) is 0 Å². The van der Waals surface area contributed by atoms with Crippen LogP contribution in [0.25, 0.3) is 0 Å². The number of rotatable bonds is 3. The highest BCUT2D eigenvalue weighted by Crippen LogP contribution is 2.15. The zero-order chi connectivity index (χ0) is 15.2. The molecule has 4 heteroatoms. The molecule has 0 radical (unpaired) electrons. The summed E-state index contributed by atoms with van der Waals surface area (Å²) in [6.07, 6.45) is 1.44. The average molecular weight is 283 g/mol. The topological polar surface area (TPSA) is 62.5 Å². The molecule has 1 atom stereocenters. The lowest BCUT2D eigenvalue weighted by Gasteiger charge is -2.14. The van der Waals surface area contributed by atoms with Gasteiger partial charge in [0.05, 0.1) is 11.6 Å². The van der Waals surface area contributed by atoms with E-state index in [2.05, 4.69) is 17.2 Å². The summed E-state index contributed by atoms with van der Waals surface area (Å²) in [5, 5.41) is 11.6. The van der Waals surface area contributed by atoms with Gasteiger partial charge in [-0.05, 0) is 37.6 Å². The Morgan fingerprint density at radius 3 is 2.90 bits per heavy atom. The number of benzene rings is 1. The third kappa shape index (κ3) is 3.98. The highest BCUT2D eigenvalue weighted by atomic mass is 16.3. The summed E-state index contributed by atoms with van der Waals surface area (Å²) in [6.45, 7) is 3.53. The molecule has 108 valence electrons. The van der Waals surface area contributed by atoms with E-state index in [9.17, 15) is 4.79 Å². The Hall–Kier alpha value is -2.51. The molecule has 1 aromatic carbocycles. The largest absolute Gasteiger partial charge is 0.469 e. The first kappa shape index (κ1) is 14.9. The van der Waals surface area contributed by atoms with Crippen LogP contribution in [0.4, 0.5) is 0 Å². The fourth-order valence-corrected chi connectivity index (χ4v) is 1.95. The summed E-state index contributed by atoms with van der Waals surface area (Å²) >= 11 is 0. The van der Waals surface area contributed by atoms with Crippen molar-refractivity contribution in [3.63, 3.8) is 0 Å². The van der Waals surface area contributed by atoms with Crippen molar-refractivity contribution in [3.05, 3.63) is 59.0 Å². The Morgan fingerprint density at radius 1 is 1.43 bits per heavy atom. The highest BCUT2D eigenvalue weighted by molar-refractivity contribution is 5.94. The van der Waals surface area contributed by atoms with Crippen LogP contribution in [0.1, 0.15) is 40.2 Å². The van der Waals surface area contributed by atoms with Gasteiger partial charge in [0.25, 0.3) is 5.91 Å². The maximum atomic E-state index is 12.1. The predicted molar refractivity (Wildman–Crippen MR) is 79.7 cm³/mol. The smallest absolute Gasteiger partial charge is 0.255 e. The minimum atomic E-state index is -0.175. The van der Waals surface area contributed by atoms with E-state index < -0.39 is 0 Å². The van der Waals surface area contributed by atoms with Gasteiger partial charge >= 0.3 is 0 Å². The highest BCUT2D eigenvalue weighted by Gasteiger charge is 2.13. The van der Waals surface area contributed by atoms with E-state index >= 15 is 0 Å². The molecule has 4 nitrogen and oxygen atoms in total. The summed E-state index contributed by atoms with van der Waals surface area (Å²) in [7, 11) is 0. The Kier molecular flexibility index (Phi) is 4.81. The monoisotopic (exact) mass is 283 g/mol. The fraction of sp³-hybridized carbons (Fsp3) is 0.235. The third-order valence-electron chi connectivity index (χ3n) is 3.04. The summed E-state index contributed by atoms with van der Waals surface area (Å²) in [6, 6.07) is 9.11. The van der Waals surface area contributed by atoms with E-state index in [-0.39, 0.29) is 18.6 Å². The van der Waals surface area contributed by atoms with Crippen LogP contribution in [0.5, 0.6) is 0 Å². The molecule has 1 amide bonds. The molecule has 1 unspecified atom stereocenters. The number of aryl methyl sites for hydroxylation is 1. The van der Waals surface area contributed by atoms with Crippen molar-refractivity contribution in [3.8, 4) is 11.8 Å². The molecule has 0 aliphatic heterocycles. The zero-order valence-corrected chi connectivity index (χ0v) is 12.0. The van der Waals surface area contributed by atoms with Crippen LogP contribution < -0.4 is 5.32 Å². The quantitative estimate of drug-likeness (QED) is 0.850. The van der Waals surface area contributed by atoms with Gasteiger partial charge in [-0.3, -0.25) is 4.79 Å². The van der Waals surface area contributed by atoms with Crippen molar-refractivity contribution in [1.29, 1.82) is 0 Å². The van der Waals surface area contributed by atoms with E-state index in [1.807, 2.05) is 31.2 Å². The predicted octanol–water partition coefficient (Wildman–Crippen LogP) is 2.42. The Balaban J connectivity index is 2.09. The summed E-state index contributed by atoms with van der Waals surface area (Å²) < 4.78 is 5.13. The number of carbonyl (C=O) groups is 1. The maximum absolute atomic E-state index is 12.1. The van der Waals surface area contributed by atoms with Crippen LogP contribution in [0.2, 0.25) is 0 Å². The Bertz CT molecular complexity index is 691. The van der Waals surface area contributed by atoms with E-state index in [0.29, 0.717) is 11.3 Å². The number of amides is 1. The summed E-state index contributed by atoms with van der Waals surface area (Å²) in [4.78, 5) is 12.1. The molecule has 1 heterocycles. The Morgan fingerprint density at radius 2 is 2.24 bits per heavy atom. The number of hydrogen-bond acceptors (Lipinski definition) is 3. The average Bonchev–Trinajstić information content (AvgIpc) is 2.92. The van der Waals surface area contributed by atoms with Crippen LogP contribution in [0, 0.1) is 18.8 Å². The first-order valence-corrected chi connectivity index (χ1v) is 6.66. The summed E-state index contributed by atoms with van der Waals surface area (Å²) in [5.74, 6) is 5.98. The first-order chi connectivity index (χ1) is 10.1. The second-order valence-electron chi connectivity index (χ2n) is 4.73. The van der Waals surface area contributed by atoms with Crippen molar-refractivity contribution in [2.45, 2.75) is 19.9 Å².